The highest BCUT2D eigenvalue weighted by Gasteiger charge is 2.22. The lowest BCUT2D eigenvalue weighted by molar-refractivity contribution is -0.123. The molecule has 1 atom stereocenters. The molecule has 2 aromatic rings. The average Bonchev–Trinajstić information content (AvgIpc) is 2.72. The first-order chi connectivity index (χ1) is 14.3. The quantitative estimate of drug-likeness (QED) is 0.610. The molecule has 0 radical (unpaired) electrons. The molecular formula is C20H18ClN3O6. The molecule has 0 heterocycles. The second-order valence-corrected chi connectivity index (χ2v) is 6.35. The molecule has 0 aromatic heterocycles. The number of anilines is 1. The van der Waals surface area contributed by atoms with E-state index in [9.17, 15) is 14.4 Å². The Balaban J connectivity index is 2.12. The maximum Gasteiger partial charge on any atom is 0.339 e. The molecule has 0 saturated heterocycles. The third-order valence-electron chi connectivity index (χ3n) is 3.78. The van der Waals surface area contributed by atoms with E-state index in [1.807, 2.05) is 6.07 Å². The zero-order valence-corrected chi connectivity index (χ0v) is 16.9. The minimum absolute atomic E-state index is 0.000324. The number of benzene rings is 2. The zero-order valence-electron chi connectivity index (χ0n) is 16.1. The molecule has 0 aliphatic carbocycles. The van der Waals surface area contributed by atoms with Crippen LogP contribution < -0.4 is 20.5 Å². The van der Waals surface area contributed by atoms with Gasteiger partial charge in [-0.05, 0) is 31.2 Å². The fourth-order valence-corrected chi connectivity index (χ4v) is 2.59. The number of nitrogens with zero attached hydrogens (tertiary/aromatic N) is 1. The Labute approximate surface area is 177 Å². The van der Waals surface area contributed by atoms with Crippen LogP contribution in [0.5, 0.6) is 11.5 Å². The van der Waals surface area contributed by atoms with Crippen molar-refractivity contribution in [2.24, 2.45) is 5.73 Å². The summed E-state index contributed by atoms with van der Waals surface area (Å²) < 4.78 is 15.5. The van der Waals surface area contributed by atoms with Gasteiger partial charge in [-0.1, -0.05) is 23.7 Å². The topological polar surface area (TPSA) is 141 Å². The monoisotopic (exact) mass is 431 g/mol. The SMILES string of the molecule is COc1cc(C(=O)OC(C)C(=O)Nc2ccccc2C#N)cc(Cl)c1OCC(N)=O. The summed E-state index contributed by atoms with van der Waals surface area (Å²) >= 11 is 6.11. The van der Waals surface area contributed by atoms with E-state index in [-0.39, 0.29) is 27.6 Å². The Hall–Kier alpha value is -3.77. The van der Waals surface area contributed by atoms with Crippen LogP contribution in [0.4, 0.5) is 5.69 Å². The molecule has 9 nitrogen and oxygen atoms in total. The van der Waals surface area contributed by atoms with Crippen molar-refractivity contribution in [3.05, 3.63) is 52.5 Å². The number of para-hydroxylation sites is 1. The molecule has 0 saturated carbocycles. The van der Waals surface area contributed by atoms with Crippen LogP contribution in [0.25, 0.3) is 0 Å². The van der Waals surface area contributed by atoms with Crippen LogP contribution in [0.3, 0.4) is 0 Å². The zero-order chi connectivity index (χ0) is 22.3. The second-order valence-electron chi connectivity index (χ2n) is 5.94. The maximum absolute atomic E-state index is 12.4. The molecule has 3 N–H and O–H groups in total. The Bertz CT molecular complexity index is 1020. The molecule has 30 heavy (non-hydrogen) atoms. The van der Waals surface area contributed by atoms with Gasteiger partial charge in [0, 0.05) is 0 Å². The minimum Gasteiger partial charge on any atom is -0.493 e. The number of amides is 2. The number of esters is 1. The number of halogens is 1. The van der Waals surface area contributed by atoms with Gasteiger partial charge in [-0.2, -0.15) is 5.26 Å². The molecule has 0 bridgehead atoms. The van der Waals surface area contributed by atoms with Gasteiger partial charge < -0.3 is 25.3 Å². The molecule has 10 heteroatoms. The third kappa shape index (κ3) is 5.62. The summed E-state index contributed by atoms with van der Waals surface area (Å²) in [5, 5.41) is 11.6. The van der Waals surface area contributed by atoms with Crippen molar-refractivity contribution in [3.63, 3.8) is 0 Å². The van der Waals surface area contributed by atoms with E-state index >= 15 is 0 Å². The second kappa shape index (κ2) is 10.1. The number of nitriles is 1. The Morgan fingerprint density at radius 1 is 1.27 bits per heavy atom. The van der Waals surface area contributed by atoms with Crippen molar-refractivity contribution in [3.8, 4) is 17.6 Å². The van der Waals surface area contributed by atoms with E-state index in [0.29, 0.717) is 5.69 Å². The molecule has 2 aromatic carbocycles. The first kappa shape index (κ1) is 22.5. The fourth-order valence-electron chi connectivity index (χ4n) is 2.33. The standard InChI is InChI=1S/C20H18ClN3O6/c1-11(19(26)24-15-6-4-3-5-12(15)9-22)30-20(27)13-7-14(21)18(16(8-13)28-2)29-10-17(23)25/h3-8,11H,10H2,1-2H3,(H2,23,25)(H,24,26). The molecule has 1 unspecified atom stereocenters. The van der Waals surface area contributed by atoms with Gasteiger partial charge in [-0.15, -0.1) is 0 Å². The summed E-state index contributed by atoms with van der Waals surface area (Å²) in [7, 11) is 1.32. The number of hydrogen-bond donors (Lipinski definition) is 2. The van der Waals surface area contributed by atoms with Gasteiger partial charge in [0.25, 0.3) is 11.8 Å². The lowest BCUT2D eigenvalue weighted by Crippen LogP contribution is -2.30. The molecule has 0 aliphatic rings. The molecular weight excluding hydrogens is 414 g/mol. The van der Waals surface area contributed by atoms with Gasteiger partial charge in [0.2, 0.25) is 0 Å². The number of nitrogens with two attached hydrogens (primary N) is 1. The number of hydrogen-bond acceptors (Lipinski definition) is 7. The van der Waals surface area contributed by atoms with Gasteiger partial charge >= 0.3 is 5.97 Å². The van der Waals surface area contributed by atoms with Crippen molar-refractivity contribution in [1.29, 1.82) is 5.26 Å². The summed E-state index contributed by atoms with van der Waals surface area (Å²) in [6.07, 6.45) is -1.17. The van der Waals surface area contributed by atoms with Crippen LogP contribution in [-0.4, -0.2) is 37.6 Å². The molecule has 0 aliphatic heterocycles. The van der Waals surface area contributed by atoms with Crippen LogP contribution in [0.2, 0.25) is 5.02 Å². The lowest BCUT2D eigenvalue weighted by atomic mass is 10.2. The van der Waals surface area contributed by atoms with Crippen molar-refractivity contribution < 1.29 is 28.6 Å². The van der Waals surface area contributed by atoms with Crippen LogP contribution >= 0.6 is 11.6 Å². The van der Waals surface area contributed by atoms with E-state index in [2.05, 4.69) is 5.32 Å². The van der Waals surface area contributed by atoms with Crippen molar-refractivity contribution in [2.75, 3.05) is 19.0 Å². The summed E-state index contributed by atoms with van der Waals surface area (Å²) in [5.74, 6) is -2.06. The fraction of sp³-hybridized carbons (Fsp3) is 0.200. The average molecular weight is 432 g/mol. The number of carbonyl (C=O) groups is 3. The predicted octanol–water partition coefficient (Wildman–Crippen LogP) is 2.27. The number of primary amides is 1. The number of carbonyl (C=O) groups excluding carboxylic acids is 3. The van der Waals surface area contributed by atoms with E-state index in [4.69, 9.17) is 36.8 Å². The Morgan fingerprint density at radius 2 is 1.97 bits per heavy atom. The van der Waals surface area contributed by atoms with E-state index in [1.165, 1.54) is 26.2 Å². The van der Waals surface area contributed by atoms with Gasteiger partial charge in [-0.3, -0.25) is 9.59 Å². The van der Waals surface area contributed by atoms with Crippen LogP contribution in [0.1, 0.15) is 22.8 Å². The third-order valence-corrected chi connectivity index (χ3v) is 4.06. The summed E-state index contributed by atoms with van der Waals surface area (Å²) in [6, 6.07) is 10.9. The van der Waals surface area contributed by atoms with E-state index in [1.54, 1.807) is 24.3 Å². The number of nitrogens with one attached hydrogen (secondary N) is 1. The molecule has 2 amide bonds. The highest BCUT2D eigenvalue weighted by Crippen LogP contribution is 2.36. The van der Waals surface area contributed by atoms with Crippen molar-refractivity contribution >= 4 is 35.1 Å². The number of methoxy groups -OCH3 is 1. The van der Waals surface area contributed by atoms with E-state index < -0.39 is 30.5 Å². The summed E-state index contributed by atoms with van der Waals surface area (Å²) in [5.41, 5.74) is 5.61. The Kier molecular flexibility index (Phi) is 7.61. The summed E-state index contributed by atoms with van der Waals surface area (Å²) in [4.78, 5) is 35.7. The minimum atomic E-state index is -1.17. The number of rotatable bonds is 8. The van der Waals surface area contributed by atoms with Crippen molar-refractivity contribution in [1.82, 2.24) is 0 Å². The van der Waals surface area contributed by atoms with Crippen molar-refractivity contribution in [2.45, 2.75) is 13.0 Å². The summed E-state index contributed by atoms with van der Waals surface area (Å²) in [6.45, 7) is 0.951. The van der Waals surface area contributed by atoms with Crippen LogP contribution in [0.15, 0.2) is 36.4 Å². The van der Waals surface area contributed by atoms with Gasteiger partial charge in [0.05, 0.1) is 28.9 Å². The van der Waals surface area contributed by atoms with Gasteiger partial charge in [0.15, 0.2) is 24.2 Å². The molecule has 156 valence electrons. The lowest BCUT2D eigenvalue weighted by Gasteiger charge is -2.16. The normalized spacial score (nSPS) is 11.0. The highest BCUT2D eigenvalue weighted by molar-refractivity contribution is 6.32. The molecule has 2 rings (SSSR count). The smallest absolute Gasteiger partial charge is 0.339 e. The highest BCUT2D eigenvalue weighted by atomic mass is 35.5. The van der Waals surface area contributed by atoms with Gasteiger partial charge in [0.1, 0.15) is 6.07 Å². The predicted molar refractivity (Wildman–Crippen MR) is 107 cm³/mol. The van der Waals surface area contributed by atoms with Crippen LogP contribution in [-0.2, 0) is 14.3 Å². The Morgan fingerprint density at radius 3 is 2.60 bits per heavy atom. The van der Waals surface area contributed by atoms with E-state index in [0.717, 1.165) is 0 Å². The molecule has 0 spiro atoms. The largest absolute Gasteiger partial charge is 0.493 e. The van der Waals surface area contributed by atoms with Gasteiger partial charge in [-0.25, -0.2) is 4.79 Å². The first-order valence-corrected chi connectivity index (χ1v) is 8.94. The maximum atomic E-state index is 12.4. The molecule has 0 fully saturated rings. The number of ether oxygens (including phenoxy) is 3. The first-order valence-electron chi connectivity index (χ1n) is 8.56. The van der Waals surface area contributed by atoms with Crippen LogP contribution in [0, 0.1) is 11.3 Å².